The van der Waals surface area contributed by atoms with Crippen molar-refractivity contribution in [2.24, 2.45) is 0 Å². The Labute approximate surface area is 584 Å². The van der Waals surface area contributed by atoms with Gasteiger partial charge in [0.15, 0.2) is 11.2 Å². The van der Waals surface area contributed by atoms with Crippen LogP contribution >= 0.6 is 0 Å². The van der Waals surface area contributed by atoms with Crippen LogP contribution in [0.1, 0.15) is 99.9 Å². The summed E-state index contributed by atoms with van der Waals surface area (Å²) >= 11 is 0. The van der Waals surface area contributed by atoms with E-state index >= 15 is 0 Å². The average Bonchev–Trinajstić information content (AvgIpc) is 1.55. The third-order valence-corrected chi connectivity index (χ3v) is 23.0. The Morgan fingerprint density at radius 1 is 0.210 bits per heavy atom. The molecule has 0 fully saturated rings. The number of nitrogens with zero attached hydrogens (tertiary/aromatic N) is 2. The first-order valence-electron chi connectivity index (χ1n) is 35.2. The Morgan fingerprint density at radius 3 is 0.910 bits per heavy atom. The van der Waals surface area contributed by atoms with E-state index in [0.29, 0.717) is 0 Å². The number of para-hydroxylation sites is 2. The van der Waals surface area contributed by atoms with E-state index in [9.17, 15) is 0 Å². The Bertz CT molecular complexity index is 5830. The largest absolute Gasteiger partial charge is 0.453 e. The molecular formula is C96H74N2O2. The quantitative estimate of drug-likeness (QED) is 0.152. The number of fused-ring (bicyclic) bond motifs is 20. The van der Waals surface area contributed by atoms with Gasteiger partial charge in [0.1, 0.15) is 11.2 Å². The van der Waals surface area contributed by atoms with Crippen molar-refractivity contribution < 1.29 is 8.83 Å². The molecule has 0 bridgehead atoms. The second-order valence-corrected chi connectivity index (χ2v) is 29.9. The molecule has 0 radical (unpaired) electrons. The van der Waals surface area contributed by atoms with Crippen molar-refractivity contribution >= 4 is 78.0 Å². The maximum absolute atomic E-state index is 7.23. The summed E-state index contributed by atoms with van der Waals surface area (Å²) in [5, 5.41) is 4.56. The van der Waals surface area contributed by atoms with Crippen LogP contribution < -0.4 is 9.80 Å². The van der Waals surface area contributed by atoms with E-state index in [0.717, 1.165) is 78.0 Å². The van der Waals surface area contributed by atoms with Gasteiger partial charge in [0, 0.05) is 77.1 Å². The average molecular weight is 1290 g/mol. The number of anilines is 6. The van der Waals surface area contributed by atoms with Gasteiger partial charge in [-0.1, -0.05) is 298 Å². The Kier molecular flexibility index (Phi) is 13.0. The molecule has 0 unspecified atom stereocenters. The fourth-order valence-electron chi connectivity index (χ4n) is 17.8. The maximum atomic E-state index is 7.23. The van der Waals surface area contributed by atoms with Gasteiger partial charge in [0.05, 0.1) is 11.4 Å². The first-order valence-corrected chi connectivity index (χ1v) is 35.2. The molecule has 4 heteroatoms. The minimum Gasteiger partial charge on any atom is -0.453 e. The van der Waals surface area contributed by atoms with Crippen molar-refractivity contribution in [3.05, 3.63) is 348 Å². The van der Waals surface area contributed by atoms with Crippen LogP contribution in [0.3, 0.4) is 0 Å². The van der Waals surface area contributed by atoms with E-state index in [4.69, 9.17) is 8.83 Å². The fraction of sp³-hybridized carbons (Fsp3) is 0.125. The van der Waals surface area contributed by atoms with E-state index in [-0.39, 0.29) is 21.7 Å². The molecular weight excluding hydrogens is 1210 g/mol. The second kappa shape index (κ2) is 21.9. The van der Waals surface area contributed by atoms with Gasteiger partial charge >= 0.3 is 0 Å². The minimum atomic E-state index is -0.124. The van der Waals surface area contributed by atoms with Crippen LogP contribution in [0.15, 0.2) is 312 Å². The fourth-order valence-corrected chi connectivity index (χ4v) is 17.8. The molecule has 2 aromatic heterocycles. The molecule has 16 aromatic rings. The van der Waals surface area contributed by atoms with Crippen molar-refractivity contribution in [3.8, 4) is 66.8 Å². The zero-order chi connectivity index (χ0) is 67.6. The molecule has 0 saturated carbocycles. The molecule has 4 aliphatic rings. The van der Waals surface area contributed by atoms with Crippen molar-refractivity contribution in [1.29, 1.82) is 0 Å². The van der Waals surface area contributed by atoms with Crippen LogP contribution in [0.2, 0.25) is 0 Å². The maximum Gasteiger partial charge on any atom is 0.159 e. The van der Waals surface area contributed by atoms with Gasteiger partial charge in [-0.15, -0.1) is 0 Å². The van der Waals surface area contributed by atoms with Crippen molar-refractivity contribution in [3.63, 3.8) is 0 Å². The lowest BCUT2D eigenvalue weighted by molar-refractivity contribution is 0.653. The zero-order valence-corrected chi connectivity index (χ0v) is 57.6. The summed E-state index contributed by atoms with van der Waals surface area (Å²) in [7, 11) is 0. The number of furan rings is 2. The molecule has 0 atom stereocenters. The van der Waals surface area contributed by atoms with E-state index < -0.39 is 0 Å². The van der Waals surface area contributed by atoms with Crippen LogP contribution in [0.4, 0.5) is 34.1 Å². The summed E-state index contributed by atoms with van der Waals surface area (Å²) < 4.78 is 14.3. The summed E-state index contributed by atoms with van der Waals surface area (Å²) in [5.41, 5.74) is 35.6. The van der Waals surface area contributed by atoms with Gasteiger partial charge < -0.3 is 18.6 Å². The van der Waals surface area contributed by atoms with Crippen LogP contribution in [0, 0.1) is 0 Å². The molecule has 2 heterocycles. The summed E-state index contributed by atoms with van der Waals surface area (Å²) in [6.07, 6.45) is 0. The molecule has 0 aliphatic heterocycles. The van der Waals surface area contributed by atoms with E-state index in [1.165, 1.54) is 111 Å². The van der Waals surface area contributed by atoms with Crippen molar-refractivity contribution in [1.82, 2.24) is 0 Å². The highest BCUT2D eigenvalue weighted by Crippen LogP contribution is 2.58. The van der Waals surface area contributed by atoms with Crippen LogP contribution in [-0.4, -0.2) is 0 Å². The normalized spacial score (nSPS) is 14.7. The predicted molar refractivity (Wildman–Crippen MR) is 418 cm³/mol. The Balaban J connectivity index is 0.000000140. The van der Waals surface area contributed by atoms with E-state index in [2.05, 4.69) is 369 Å². The summed E-state index contributed by atoms with van der Waals surface area (Å²) in [6, 6.07) is 111. The molecule has 0 spiro atoms. The SMILES string of the molecule is CC1(C)c2ccccc2-c2c1ccc1c2oc2c(N(c3ccc(-c4ccccc4)cc3)c3ccc(-c4ccccc4)cc3)cccc21.CC1(C)c2ccccc2-c2ccc(N(c3ccc4c(c3)C(C)(C)c3ccccc3-4)c3cccc4c3oc3c5c(ccc34)C(C)(C)c3ccccc3-5)cc21. The van der Waals surface area contributed by atoms with Crippen LogP contribution in [0.25, 0.3) is 111 Å². The van der Waals surface area contributed by atoms with Crippen molar-refractivity contribution in [2.75, 3.05) is 9.80 Å². The summed E-state index contributed by atoms with van der Waals surface area (Å²) in [6.45, 7) is 18.7. The van der Waals surface area contributed by atoms with Gasteiger partial charge in [-0.05, 0) is 161 Å². The Hall–Kier alpha value is -11.7. The molecule has 480 valence electrons. The molecule has 4 aliphatic carbocycles. The van der Waals surface area contributed by atoms with E-state index in [1.807, 2.05) is 0 Å². The standard InChI is InChI=1S/C51H41NO.C45H33NO/c1-49(2)41-20-12-9-16-38(41)46-42(49)27-26-37-36-17-13-21-45(47(36)53-48(37)46)52(30-22-24-34-32-14-7-10-18-39(32)50(3,4)43(34)28-30)31-23-25-35-33-15-8-11-19-40(33)51(5,6)44(35)29-31;1-45(2)39-18-10-9-16-38(39)42-40(45)29-28-37-36-17-11-19-41(43(36)47-44(37)42)46(34-24-20-32(21-25-34)30-12-5-3-6-13-30)35-26-22-33(23-27-35)31-14-7-4-8-15-31/h7-29H,1-6H3;3-29H,1-2H3. The number of hydrogen-bond donors (Lipinski definition) is 0. The van der Waals surface area contributed by atoms with Gasteiger partial charge in [-0.2, -0.15) is 0 Å². The third-order valence-electron chi connectivity index (χ3n) is 23.0. The molecule has 100 heavy (non-hydrogen) atoms. The lowest BCUT2D eigenvalue weighted by Gasteiger charge is -2.29. The van der Waals surface area contributed by atoms with Crippen molar-refractivity contribution in [2.45, 2.75) is 77.0 Å². The van der Waals surface area contributed by atoms with Gasteiger partial charge in [0.25, 0.3) is 0 Å². The summed E-state index contributed by atoms with van der Waals surface area (Å²) in [4.78, 5) is 4.77. The smallest absolute Gasteiger partial charge is 0.159 e. The molecule has 4 nitrogen and oxygen atoms in total. The number of hydrogen-bond acceptors (Lipinski definition) is 4. The first kappa shape index (κ1) is 59.5. The summed E-state index contributed by atoms with van der Waals surface area (Å²) in [5.74, 6) is 0. The highest BCUT2D eigenvalue weighted by atomic mass is 16.3. The first-order chi connectivity index (χ1) is 48.6. The lowest BCUT2D eigenvalue weighted by atomic mass is 9.82. The predicted octanol–water partition coefficient (Wildman–Crippen LogP) is 26.7. The highest BCUT2D eigenvalue weighted by molar-refractivity contribution is 6.17. The zero-order valence-electron chi connectivity index (χ0n) is 57.6. The Morgan fingerprint density at radius 2 is 0.510 bits per heavy atom. The number of rotatable bonds is 8. The second-order valence-electron chi connectivity index (χ2n) is 29.9. The molecule has 0 saturated heterocycles. The topological polar surface area (TPSA) is 32.8 Å². The molecule has 0 amide bonds. The van der Waals surface area contributed by atoms with Crippen LogP contribution in [-0.2, 0) is 21.7 Å². The lowest BCUT2D eigenvalue weighted by Crippen LogP contribution is -2.18. The number of benzene rings is 14. The van der Waals surface area contributed by atoms with Gasteiger partial charge in [-0.25, -0.2) is 0 Å². The van der Waals surface area contributed by atoms with Gasteiger partial charge in [0.2, 0.25) is 0 Å². The molecule has 14 aromatic carbocycles. The van der Waals surface area contributed by atoms with E-state index in [1.54, 1.807) is 0 Å². The third kappa shape index (κ3) is 8.72. The molecule has 0 N–H and O–H groups in total. The minimum absolute atomic E-state index is 0.0883. The van der Waals surface area contributed by atoms with Crippen LogP contribution in [0.5, 0.6) is 0 Å². The van der Waals surface area contributed by atoms with Gasteiger partial charge in [-0.3, -0.25) is 0 Å². The molecule has 20 rings (SSSR count). The monoisotopic (exact) mass is 1290 g/mol. The highest BCUT2D eigenvalue weighted by Gasteiger charge is 2.42.